The fraction of sp³-hybridized carbons (Fsp3) is 0.133. The van der Waals surface area contributed by atoms with Gasteiger partial charge in [0.05, 0.1) is 16.7 Å². The van der Waals surface area contributed by atoms with Crippen LogP contribution in [0, 0.1) is 0 Å². The van der Waals surface area contributed by atoms with E-state index >= 15 is 0 Å². The molecule has 0 saturated carbocycles. The number of hydrogen-bond acceptors (Lipinski definition) is 2. The monoisotopic (exact) mass is 427 g/mol. The van der Waals surface area contributed by atoms with Gasteiger partial charge in [0.2, 0.25) is 0 Å². The summed E-state index contributed by atoms with van der Waals surface area (Å²) in [5.74, 6) is -2.10. The molecule has 0 fully saturated rings. The molecule has 25 heavy (non-hydrogen) atoms. The second-order valence-electron chi connectivity index (χ2n) is 4.97. The molecule has 0 atom stereocenters. The van der Waals surface area contributed by atoms with Crippen LogP contribution in [-0.4, -0.2) is 11.0 Å². The number of phenols is 1. The van der Waals surface area contributed by atoms with Gasteiger partial charge in [0.1, 0.15) is 5.75 Å². The van der Waals surface area contributed by atoms with Crippen molar-refractivity contribution in [3.8, 4) is 16.9 Å². The van der Waals surface area contributed by atoms with Crippen molar-refractivity contribution in [1.29, 1.82) is 0 Å². The van der Waals surface area contributed by atoms with E-state index in [1.54, 1.807) is 0 Å². The zero-order valence-electron chi connectivity index (χ0n) is 12.0. The van der Waals surface area contributed by atoms with E-state index in [0.29, 0.717) is 0 Å². The average molecular weight is 428 g/mol. The molecule has 134 valence electrons. The average Bonchev–Trinajstić information content (AvgIpc) is 2.46. The van der Waals surface area contributed by atoms with Crippen molar-refractivity contribution >= 4 is 21.8 Å². The van der Waals surface area contributed by atoms with Gasteiger partial charge in [-0.3, -0.25) is 4.79 Å². The molecule has 0 spiro atoms. The molecule has 10 heteroatoms. The number of benzene rings is 2. The van der Waals surface area contributed by atoms with Gasteiger partial charge in [-0.1, -0.05) is 15.9 Å². The van der Waals surface area contributed by atoms with E-state index in [1.165, 1.54) is 0 Å². The number of halogens is 7. The summed E-state index contributed by atoms with van der Waals surface area (Å²) in [6, 6.07) is 2.82. The highest BCUT2D eigenvalue weighted by molar-refractivity contribution is 9.10. The molecule has 0 bridgehead atoms. The lowest BCUT2D eigenvalue weighted by Gasteiger charge is -2.17. The maximum absolute atomic E-state index is 13.2. The molecule has 0 aliphatic heterocycles. The van der Waals surface area contributed by atoms with E-state index < -0.39 is 51.8 Å². The van der Waals surface area contributed by atoms with Crippen molar-refractivity contribution < 1.29 is 36.2 Å². The minimum atomic E-state index is -4.99. The standard InChI is InChI=1S/C15H8BrF6NO2/c16-7-4-9(12(24)10(5-7)13(23)25)8-3-6(14(17,18)19)1-2-11(8)15(20,21)22/h1-5,24H,(H2,23,25). The summed E-state index contributed by atoms with van der Waals surface area (Å²) in [5, 5.41) is 10.1. The van der Waals surface area contributed by atoms with Gasteiger partial charge in [0.15, 0.2) is 0 Å². The van der Waals surface area contributed by atoms with Gasteiger partial charge >= 0.3 is 12.4 Å². The summed E-state index contributed by atoms with van der Waals surface area (Å²) in [5.41, 5.74) is 0.226. The number of rotatable bonds is 2. The van der Waals surface area contributed by atoms with Crippen LogP contribution in [-0.2, 0) is 12.4 Å². The molecular formula is C15H8BrF6NO2. The summed E-state index contributed by atoms with van der Waals surface area (Å²) in [7, 11) is 0. The van der Waals surface area contributed by atoms with Gasteiger partial charge in [-0.25, -0.2) is 0 Å². The normalized spacial score (nSPS) is 12.3. The molecule has 0 heterocycles. The molecule has 2 aromatic rings. The van der Waals surface area contributed by atoms with Crippen LogP contribution in [0.4, 0.5) is 26.3 Å². The van der Waals surface area contributed by atoms with Crippen LogP contribution in [0.25, 0.3) is 11.1 Å². The number of alkyl halides is 6. The maximum Gasteiger partial charge on any atom is 0.417 e. The zero-order chi connectivity index (χ0) is 19.2. The predicted molar refractivity (Wildman–Crippen MR) is 79.8 cm³/mol. The van der Waals surface area contributed by atoms with Crippen molar-refractivity contribution in [2.24, 2.45) is 5.73 Å². The number of primary amides is 1. The number of amides is 1. The van der Waals surface area contributed by atoms with Gasteiger partial charge in [-0.15, -0.1) is 0 Å². The molecule has 2 rings (SSSR count). The predicted octanol–water partition coefficient (Wildman–Crippen LogP) is 4.96. The Labute approximate surface area is 145 Å². The minimum absolute atomic E-state index is 0.0552. The Morgan fingerprint density at radius 3 is 2.04 bits per heavy atom. The molecule has 0 saturated heterocycles. The zero-order valence-corrected chi connectivity index (χ0v) is 13.6. The van der Waals surface area contributed by atoms with Crippen molar-refractivity contribution in [2.45, 2.75) is 12.4 Å². The highest BCUT2D eigenvalue weighted by Crippen LogP contribution is 2.44. The van der Waals surface area contributed by atoms with Gasteiger partial charge in [0.25, 0.3) is 5.91 Å². The largest absolute Gasteiger partial charge is 0.506 e. The van der Waals surface area contributed by atoms with Crippen LogP contribution in [0.3, 0.4) is 0 Å². The Hall–Kier alpha value is -2.23. The first-order valence-corrected chi connectivity index (χ1v) is 7.23. The molecule has 0 radical (unpaired) electrons. The van der Waals surface area contributed by atoms with Crippen molar-refractivity contribution in [2.75, 3.05) is 0 Å². The van der Waals surface area contributed by atoms with Crippen LogP contribution < -0.4 is 5.73 Å². The molecule has 3 N–H and O–H groups in total. The van der Waals surface area contributed by atoms with Gasteiger partial charge in [-0.05, 0) is 35.9 Å². The molecule has 0 unspecified atom stereocenters. The van der Waals surface area contributed by atoms with Crippen molar-refractivity contribution in [3.63, 3.8) is 0 Å². The number of aromatic hydroxyl groups is 1. The van der Waals surface area contributed by atoms with Crippen molar-refractivity contribution in [1.82, 2.24) is 0 Å². The summed E-state index contributed by atoms with van der Waals surface area (Å²) < 4.78 is 78.2. The van der Waals surface area contributed by atoms with Crippen LogP contribution in [0.1, 0.15) is 21.5 Å². The summed E-state index contributed by atoms with van der Waals surface area (Å²) >= 11 is 2.92. The van der Waals surface area contributed by atoms with Gasteiger partial charge < -0.3 is 10.8 Å². The first kappa shape index (κ1) is 19.1. The molecule has 2 aromatic carbocycles. The number of nitrogens with two attached hydrogens (primary N) is 1. The number of hydrogen-bond donors (Lipinski definition) is 2. The van der Waals surface area contributed by atoms with Crippen LogP contribution in [0.5, 0.6) is 5.75 Å². The molecule has 0 aromatic heterocycles. The summed E-state index contributed by atoms with van der Waals surface area (Å²) in [6.45, 7) is 0. The fourth-order valence-electron chi connectivity index (χ4n) is 2.18. The lowest BCUT2D eigenvalue weighted by atomic mass is 9.94. The Morgan fingerprint density at radius 1 is 0.960 bits per heavy atom. The molecule has 1 amide bonds. The highest BCUT2D eigenvalue weighted by atomic mass is 79.9. The van der Waals surface area contributed by atoms with E-state index in [-0.39, 0.29) is 22.7 Å². The summed E-state index contributed by atoms with van der Waals surface area (Å²) in [6.07, 6.45) is -9.88. The van der Waals surface area contributed by atoms with Crippen LogP contribution >= 0.6 is 15.9 Å². The molecular weight excluding hydrogens is 420 g/mol. The smallest absolute Gasteiger partial charge is 0.417 e. The third-order valence-corrected chi connectivity index (χ3v) is 3.74. The first-order chi connectivity index (χ1) is 11.3. The molecule has 0 aliphatic carbocycles. The third-order valence-electron chi connectivity index (χ3n) is 3.28. The second kappa shape index (κ2) is 6.25. The van der Waals surface area contributed by atoms with E-state index in [0.717, 1.165) is 12.1 Å². The first-order valence-electron chi connectivity index (χ1n) is 6.43. The Kier molecular flexibility index (Phi) is 4.77. The molecule has 3 nitrogen and oxygen atoms in total. The Balaban J connectivity index is 2.88. The maximum atomic E-state index is 13.2. The van der Waals surface area contributed by atoms with Gasteiger partial charge in [-0.2, -0.15) is 26.3 Å². The topological polar surface area (TPSA) is 63.3 Å². The van der Waals surface area contributed by atoms with E-state index in [4.69, 9.17) is 5.73 Å². The van der Waals surface area contributed by atoms with Crippen LogP contribution in [0.15, 0.2) is 34.8 Å². The Morgan fingerprint density at radius 2 is 1.56 bits per heavy atom. The second-order valence-corrected chi connectivity index (χ2v) is 5.89. The van der Waals surface area contributed by atoms with Gasteiger partial charge in [0, 0.05) is 10.0 Å². The van der Waals surface area contributed by atoms with Crippen LogP contribution in [0.2, 0.25) is 0 Å². The lowest BCUT2D eigenvalue weighted by molar-refractivity contribution is -0.141. The van der Waals surface area contributed by atoms with E-state index in [2.05, 4.69) is 15.9 Å². The lowest BCUT2D eigenvalue weighted by Crippen LogP contribution is -2.13. The third kappa shape index (κ3) is 3.89. The summed E-state index contributed by atoms with van der Waals surface area (Å²) in [4.78, 5) is 11.3. The highest BCUT2D eigenvalue weighted by Gasteiger charge is 2.38. The number of carbonyl (C=O) groups is 1. The SMILES string of the molecule is NC(=O)c1cc(Br)cc(-c2cc(C(F)(F)F)ccc2C(F)(F)F)c1O. The number of carbonyl (C=O) groups excluding carboxylic acids is 1. The van der Waals surface area contributed by atoms with Crippen molar-refractivity contribution in [3.05, 3.63) is 51.5 Å². The fourth-order valence-corrected chi connectivity index (χ4v) is 2.64. The quantitative estimate of drug-likeness (QED) is 0.665. The minimum Gasteiger partial charge on any atom is -0.506 e. The van der Waals surface area contributed by atoms with E-state index in [9.17, 15) is 36.2 Å². The Bertz CT molecular complexity index is 845. The van der Waals surface area contributed by atoms with E-state index in [1.807, 2.05) is 0 Å². The molecule has 0 aliphatic rings.